The third kappa shape index (κ3) is 6.41. The molecule has 3 rings (SSSR count). The fraction of sp³-hybridized carbons (Fsp3) is 0.458. The Hall–Kier alpha value is -2.69. The maximum absolute atomic E-state index is 12.5. The normalized spacial score (nSPS) is 14.5. The second kappa shape index (κ2) is 10.7. The lowest BCUT2D eigenvalue weighted by atomic mass is 10.1. The van der Waals surface area contributed by atoms with Crippen molar-refractivity contribution < 1.29 is 19.0 Å². The number of para-hydroxylation sites is 2. The number of carbonyl (C=O) groups excluding carboxylic acids is 1. The van der Waals surface area contributed by atoms with Gasteiger partial charge in [-0.2, -0.15) is 0 Å². The van der Waals surface area contributed by atoms with Crippen LogP contribution in [0.5, 0.6) is 17.2 Å². The van der Waals surface area contributed by atoms with Gasteiger partial charge in [-0.25, -0.2) is 0 Å². The lowest BCUT2D eigenvalue weighted by Crippen LogP contribution is -2.41. The minimum atomic E-state index is 0.116. The minimum absolute atomic E-state index is 0.116. The van der Waals surface area contributed by atoms with Crippen molar-refractivity contribution in [2.45, 2.75) is 45.6 Å². The summed E-state index contributed by atoms with van der Waals surface area (Å²) in [5, 5.41) is 0. The Morgan fingerprint density at radius 2 is 1.79 bits per heavy atom. The van der Waals surface area contributed by atoms with E-state index in [1.54, 1.807) is 0 Å². The monoisotopic (exact) mass is 397 g/mol. The van der Waals surface area contributed by atoms with Crippen molar-refractivity contribution in [3.63, 3.8) is 0 Å². The van der Waals surface area contributed by atoms with Crippen LogP contribution in [0.1, 0.15) is 38.2 Å². The highest BCUT2D eigenvalue weighted by molar-refractivity contribution is 5.76. The van der Waals surface area contributed by atoms with E-state index in [0.29, 0.717) is 19.6 Å². The molecule has 5 heteroatoms. The highest BCUT2D eigenvalue weighted by Gasteiger charge is 2.24. The zero-order chi connectivity index (χ0) is 20.5. The summed E-state index contributed by atoms with van der Waals surface area (Å²) in [6.07, 6.45) is 3.04. The van der Waals surface area contributed by atoms with Gasteiger partial charge in [-0.05, 0) is 50.1 Å². The summed E-state index contributed by atoms with van der Waals surface area (Å²) in [5.41, 5.74) is 1.17. The minimum Gasteiger partial charge on any atom is -0.494 e. The highest BCUT2D eigenvalue weighted by atomic mass is 16.5. The number of amides is 1. The Morgan fingerprint density at radius 3 is 2.52 bits per heavy atom. The first-order chi connectivity index (χ1) is 14.2. The Labute approximate surface area is 173 Å². The molecule has 1 fully saturated rings. The van der Waals surface area contributed by atoms with Gasteiger partial charge in [-0.3, -0.25) is 4.79 Å². The molecule has 5 nitrogen and oxygen atoms in total. The van der Waals surface area contributed by atoms with Crippen molar-refractivity contribution in [3.05, 3.63) is 54.1 Å². The number of piperidine rings is 1. The molecule has 0 aliphatic carbocycles. The van der Waals surface area contributed by atoms with E-state index in [2.05, 4.69) is 0 Å². The van der Waals surface area contributed by atoms with E-state index in [1.807, 2.05) is 67.3 Å². The topological polar surface area (TPSA) is 48.0 Å². The Kier molecular flexibility index (Phi) is 7.79. The van der Waals surface area contributed by atoms with Crippen LogP contribution in [-0.4, -0.2) is 43.2 Å². The molecule has 2 aromatic carbocycles. The Balaban J connectivity index is 1.37. The molecule has 0 saturated carbocycles. The van der Waals surface area contributed by atoms with Gasteiger partial charge >= 0.3 is 0 Å². The first kappa shape index (κ1) is 21.0. The summed E-state index contributed by atoms with van der Waals surface area (Å²) >= 11 is 0. The smallest absolute Gasteiger partial charge is 0.222 e. The van der Waals surface area contributed by atoms with Crippen LogP contribution in [0.25, 0.3) is 0 Å². The SMILES string of the molecule is CCOc1ccccc1OC1CCN(C(=O)CCCOc2cccc(C)c2)CC1. The van der Waals surface area contributed by atoms with Gasteiger partial charge < -0.3 is 19.1 Å². The van der Waals surface area contributed by atoms with Crippen LogP contribution >= 0.6 is 0 Å². The molecular formula is C24H31NO4. The standard InChI is InChI=1S/C24H31NO4/c1-3-27-22-10-4-5-11-23(22)29-20-13-15-25(16-14-20)24(26)12-7-17-28-21-9-6-8-19(2)18-21/h4-6,8-11,18,20H,3,7,12-17H2,1-2H3. The van der Waals surface area contributed by atoms with E-state index in [9.17, 15) is 4.79 Å². The third-order valence-corrected chi connectivity index (χ3v) is 5.03. The van der Waals surface area contributed by atoms with E-state index in [4.69, 9.17) is 14.2 Å². The van der Waals surface area contributed by atoms with Gasteiger partial charge in [0.25, 0.3) is 0 Å². The van der Waals surface area contributed by atoms with Crippen molar-refractivity contribution in [3.8, 4) is 17.2 Å². The molecule has 0 N–H and O–H groups in total. The molecule has 2 aromatic rings. The van der Waals surface area contributed by atoms with Crippen LogP contribution in [0.4, 0.5) is 0 Å². The average Bonchev–Trinajstić information content (AvgIpc) is 2.73. The maximum Gasteiger partial charge on any atom is 0.222 e. The largest absolute Gasteiger partial charge is 0.494 e. The number of nitrogens with zero attached hydrogens (tertiary/aromatic N) is 1. The first-order valence-corrected chi connectivity index (χ1v) is 10.5. The molecule has 1 amide bonds. The summed E-state index contributed by atoms with van der Waals surface area (Å²) in [7, 11) is 0. The molecule has 0 spiro atoms. The predicted octanol–water partition coefficient (Wildman–Crippen LogP) is 4.62. The van der Waals surface area contributed by atoms with Gasteiger partial charge in [0, 0.05) is 32.4 Å². The van der Waals surface area contributed by atoms with Crippen LogP contribution in [0.2, 0.25) is 0 Å². The lowest BCUT2D eigenvalue weighted by Gasteiger charge is -2.32. The highest BCUT2D eigenvalue weighted by Crippen LogP contribution is 2.29. The van der Waals surface area contributed by atoms with Gasteiger partial charge in [-0.1, -0.05) is 24.3 Å². The summed E-state index contributed by atoms with van der Waals surface area (Å²) < 4.78 is 17.5. The predicted molar refractivity (Wildman–Crippen MR) is 114 cm³/mol. The van der Waals surface area contributed by atoms with Crippen LogP contribution in [0.3, 0.4) is 0 Å². The quantitative estimate of drug-likeness (QED) is 0.579. The van der Waals surface area contributed by atoms with Crippen LogP contribution in [-0.2, 0) is 4.79 Å². The van der Waals surface area contributed by atoms with Crippen LogP contribution in [0, 0.1) is 6.92 Å². The summed E-state index contributed by atoms with van der Waals surface area (Å²) in [6.45, 7) is 6.65. The molecule has 1 saturated heterocycles. The van der Waals surface area contributed by atoms with Crippen LogP contribution in [0.15, 0.2) is 48.5 Å². The number of aryl methyl sites for hydroxylation is 1. The number of benzene rings is 2. The van der Waals surface area contributed by atoms with E-state index in [0.717, 1.165) is 49.6 Å². The zero-order valence-corrected chi connectivity index (χ0v) is 17.4. The van der Waals surface area contributed by atoms with Crippen molar-refractivity contribution >= 4 is 5.91 Å². The summed E-state index contributed by atoms with van der Waals surface area (Å²) in [4.78, 5) is 14.4. The number of likely N-dealkylation sites (tertiary alicyclic amines) is 1. The second-order valence-electron chi connectivity index (χ2n) is 7.35. The van der Waals surface area contributed by atoms with Gasteiger partial charge in [0.2, 0.25) is 5.91 Å². The van der Waals surface area contributed by atoms with Gasteiger partial charge in [0.05, 0.1) is 13.2 Å². The second-order valence-corrected chi connectivity index (χ2v) is 7.35. The number of hydrogen-bond donors (Lipinski definition) is 0. The van der Waals surface area contributed by atoms with Crippen molar-refractivity contribution in [1.82, 2.24) is 4.90 Å². The fourth-order valence-electron chi connectivity index (χ4n) is 3.50. The van der Waals surface area contributed by atoms with Crippen molar-refractivity contribution in [2.75, 3.05) is 26.3 Å². The number of rotatable bonds is 9. The molecule has 1 aliphatic rings. The molecule has 1 heterocycles. The maximum atomic E-state index is 12.5. The third-order valence-electron chi connectivity index (χ3n) is 5.03. The fourth-order valence-corrected chi connectivity index (χ4v) is 3.50. The number of carbonyl (C=O) groups is 1. The molecule has 1 aliphatic heterocycles. The van der Waals surface area contributed by atoms with Gasteiger partial charge in [0.15, 0.2) is 11.5 Å². The molecule has 0 atom stereocenters. The van der Waals surface area contributed by atoms with Gasteiger partial charge in [0.1, 0.15) is 11.9 Å². The Bertz CT molecular complexity index is 784. The number of ether oxygens (including phenoxy) is 3. The summed E-state index contributed by atoms with van der Waals surface area (Å²) in [6, 6.07) is 15.7. The zero-order valence-electron chi connectivity index (χ0n) is 17.4. The molecular weight excluding hydrogens is 366 g/mol. The Morgan fingerprint density at radius 1 is 1.03 bits per heavy atom. The average molecular weight is 398 g/mol. The molecule has 0 aromatic heterocycles. The molecule has 156 valence electrons. The first-order valence-electron chi connectivity index (χ1n) is 10.5. The van der Waals surface area contributed by atoms with E-state index in [1.165, 1.54) is 5.56 Å². The van der Waals surface area contributed by atoms with Gasteiger partial charge in [-0.15, -0.1) is 0 Å². The van der Waals surface area contributed by atoms with Crippen LogP contribution < -0.4 is 14.2 Å². The van der Waals surface area contributed by atoms with E-state index < -0.39 is 0 Å². The molecule has 0 bridgehead atoms. The molecule has 29 heavy (non-hydrogen) atoms. The van der Waals surface area contributed by atoms with Crippen molar-refractivity contribution in [1.29, 1.82) is 0 Å². The van der Waals surface area contributed by atoms with E-state index >= 15 is 0 Å². The van der Waals surface area contributed by atoms with E-state index in [-0.39, 0.29) is 12.0 Å². The number of hydrogen-bond acceptors (Lipinski definition) is 4. The lowest BCUT2D eigenvalue weighted by molar-refractivity contribution is -0.133. The van der Waals surface area contributed by atoms with Crippen molar-refractivity contribution in [2.24, 2.45) is 0 Å². The molecule has 0 radical (unpaired) electrons. The summed E-state index contributed by atoms with van der Waals surface area (Å²) in [5.74, 6) is 2.63. The molecule has 0 unspecified atom stereocenters.